The van der Waals surface area contributed by atoms with Crippen LogP contribution in [0.15, 0.2) is 30.3 Å². The van der Waals surface area contributed by atoms with Crippen molar-refractivity contribution in [3.63, 3.8) is 0 Å². The summed E-state index contributed by atoms with van der Waals surface area (Å²) in [6, 6.07) is 9.72. The summed E-state index contributed by atoms with van der Waals surface area (Å²) < 4.78 is 5.41. The van der Waals surface area contributed by atoms with Gasteiger partial charge in [0.2, 0.25) is 11.9 Å². The van der Waals surface area contributed by atoms with Crippen LogP contribution in [0, 0.1) is 12.8 Å². The zero-order valence-electron chi connectivity index (χ0n) is 17.0. The second kappa shape index (κ2) is 9.22. The van der Waals surface area contributed by atoms with Gasteiger partial charge >= 0.3 is 0 Å². The van der Waals surface area contributed by atoms with Crippen LogP contribution in [0.4, 0.5) is 23.1 Å². The molecule has 1 aromatic carbocycles. The molecule has 7 nitrogen and oxygen atoms in total. The van der Waals surface area contributed by atoms with Gasteiger partial charge in [0.05, 0.1) is 13.2 Å². The molecule has 0 radical (unpaired) electrons. The summed E-state index contributed by atoms with van der Waals surface area (Å²) >= 11 is 0. The lowest BCUT2D eigenvalue weighted by Gasteiger charge is -2.27. The van der Waals surface area contributed by atoms with Crippen molar-refractivity contribution in [3.05, 3.63) is 36.0 Å². The minimum atomic E-state index is 0.145. The largest absolute Gasteiger partial charge is 0.378 e. The van der Waals surface area contributed by atoms with E-state index in [9.17, 15) is 4.79 Å². The summed E-state index contributed by atoms with van der Waals surface area (Å²) in [6.45, 7) is 4.99. The van der Waals surface area contributed by atoms with Crippen LogP contribution in [-0.2, 0) is 9.53 Å². The van der Waals surface area contributed by atoms with Crippen LogP contribution in [0.3, 0.4) is 0 Å². The fraction of sp³-hybridized carbons (Fsp3) is 0.500. The summed E-state index contributed by atoms with van der Waals surface area (Å²) in [6.07, 6.45) is 5.57. The minimum Gasteiger partial charge on any atom is -0.378 e. The second-order valence-electron chi connectivity index (χ2n) is 7.82. The predicted molar refractivity (Wildman–Crippen MR) is 115 cm³/mol. The van der Waals surface area contributed by atoms with Gasteiger partial charge in [-0.2, -0.15) is 4.98 Å². The number of benzene rings is 1. The van der Waals surface area contributed by atoms with Crippen molar-refractivity contribution in [2.45, 2.75) is 39.0 Å². The lowest BCUT2D eigenvalue weighted by molar-refractivity contribution is -0.120. The molecular formula is C22H29N5O2. The number of aryl methyl sites for hydroxylation is 1. The number of carbonyl (C=O) groups excluding carboxylic acids is 1. The topological polar surface area (TPSA) is 79.4 Å². The molecule has 2 N–H and O–H groups in total. The molecule has 1 aromatic heterocycles. The quantitative estimate of drug-likeness (QED) is 0.800. The Labute approximate surface area is 171 Å². The Kier molecular flexibility index (Phi) is 6.24. The maximum Gasteiger partial charge on any atom is 0.227 e. The summed E-state index contributed by atoms with van der Waals surface area (Å²) in [5.74, 6) is 1.79. The number of carbonyl (C=O) groups is 1. The zero-order valence-corrected chi connectivity index (χ0v) is 17.0. The summed E-state index contributed by atoms with van der Waals surface area (Å²) in [5.41, 5.74) is 2.67. The van der Waals surface area contributed by atoms with Crippen molar-refractivity contribution in [3.8, 4) is 0 Å². The predicted octanol–water partition coefficient (Wildman–Crippen LogP) is 3.88. The number of aromatic nitrogens is 2. The average molecular weight is 396 g/mol. The van der Waals surface area contributed by atoms with E-state index in [2.05, 4.69) is 25.5 Å². The van der Waals surface area contributed by atoms with Crippen LogP contribution < -0.4 is 15.5 Å². The van der Waals surface area contributed by atoms with Gasteiger partial charge in [-0.25, -0.2) is 4.98 Å². The fourth-order valence-electron chi connectivity index (χ4n) is 3.92. The van der Waals surface area contributed by atoms with Gasteiger partial charge in [0.25, 0.3) is 0 Å². The Morgan fingerprint density at radius 1 is 1.03 bits per heavy atom. The maximum absolute atomic E-state index is 12.4. The van der Waals surface area contributed by atoms with E-state index in [1.165, 1.54) is 6.42 Å². The Morgan fingerprint density at radius 2 is 1.72 bits per heavy atom. The molecule has 2 heterocycles. The Bertz CT molecular complexity index is 828. The molecule has 0 bridgehead atoms. The fourth-order valence-corrected chi connectivity index (χ4v) is 3.92. The SMILES string of the molecule is Cc1cc(Nc2ccc(NC(=O)C3CCCCC3)cc2)nc(N2CCOCC2)n1. The highest BCUT2D eigenvalue weighted by molar-refractivity contribution is 5.92. The number of nitrogens with one attached hydrogen (secondary N) is 2. The summed E-state index contributed by atoms with van der Waals surface area (Å²) in [7, 11) is 0. The molecule has 29 heavy (non-hydrogen) atoms. The van der Waals surface area contributed by atoms with Gasteiger partial charge in [0.1, 0.15) is 5.82 Å². The van der Waals surface area contributed by atoms with Crippen molar-refractivity contribution in [2.75, 3.05) is 41.8 Å². The summed E-state index contributed by atoms with van der Waals surface area (Å²) in [5, 5.41) is 6.40. The first-order chi connectivity index (χ1) is 14.2. The Hall–Kier alpha value is -2.67. The highest BCUT2D eigenvalue weighted by atomic mass is 16.5. The molecule has 1 saturated carbocycles. The van der Waals surface area contributed by atoms with Crippen molar-refractivity contribution >= 4 is 29.0 Å². The van der Waals surface area contributed by atoms with E-state index in [4.69, 9.17) is 4.74 Å². The lowest BCUT2D eigenvalue weighted by Crippen LogP contribution is -2.37. The zero-order chi connectivity index (χ0) is 20.1. The molecule has 0 spiro atoms. The van der Waals surface area contributed by atoms with Gasteiger partial charge in [-0.1, -0.05) is 19.3 Å². The number of hydrogen-bond acceptors (Lipinski definition) is 6. The van der Waals surface area contributed by atoms with Crippen LogP contribution >= 0.6 is 0 Å². The van der Waals surface area contributed by atoms with Crippen LogP contribution in [0.2, 0.25) is 0 Å². The van der Waals surface area contributed by atoms with E-state index in [-0.39, 0.29) is 11.8 Å². The number of nitrogens with zero attached hydrogens (tertiary/aromatic N) is 3. The number of rotatable bonds is 5. The molecule has 1 aliphatic carbocycles. The monoisotopic (exact) mass is 395 g/mol. The van der Waals surface area contributed by atoms with Crippen LogP contribution in [0.25, 0.3) is 0 Å². The number of amides is 1. The van der Waals surface area contributed by atoms with Crippen molar-refractivity contribution in [1.29, 1.82) is 0 Å². The molecule has 1 amide bonds. The Morgan fingerprint density at radius 3 is 2.45 bits per heavy atom. The number of ether oxygens (including phenoxy) is 1. The van der Waals surface area contributed by atoms with Gasteiger partial charge in [-0.15, -0.1) is 0 Å². The normalized spacial score (nSPS) is 17.8. The lowest BCUT2D eigenvalue weighted by atomic mass is 9.88. The van der Waals surface area contributed by atoms with Gasteiger partial charge in [-0.3, -0.25) is 4.79 Å². The molecule has 1 aliphatic heterocycles. The van der Waals surface area contributed by atoms with Crippen LogP contribution in [0.5, 0.6) is 0 Å². The molecular weight excluding hydrogens is 366 g/mol. The van der Waals surface area contributed by atoms with Gasteiger partial charge in [0.15, 0.2) is 0 Å². The first kappa shape index (κ1) is 19.6. The molecule has 0 atom stereocenters. The van der Waals surface area contributed by atoms with Crippen LogP contribution in [0.1, 0.15) is 37.8 Å². The third-order valence-electron chi connectivity index (χ3n) is 5.54. The number of morpholine rings is 1. The first-order valence-corrected chi connectivity index (χ1v) is 10.5. The molecule has 2 fully saturated rings. The minimum absolute atomic E-state index is 0.145. The first-order valence-electron chi connectivity index (χ1n) is 10.5. The van der Waals surface area contributed by atoms with Crippen molar-refractivity contribution in [1.82, 2.24) is 9.97 Å². The molecule has 2 aromatic rings. The third-order valence-corrected chi connectivity index (χ3v) is 5.54. The average Bonchev–Trinajstić information content (AvgIpc) is 2.76. The van der Waals surface area contributed by atoms with E-state index in [1.54, 1.807) is 0 Å². The smallest absolute Gasteiger partial charge is 0.227 e. The molecule has 7 heteroatoms. The summed E-state index contributed by atoms with van der Waals surface area (Å²) in [4.78, 5) is 23.8. The molecule has 0 unspecified atom stereocenters. The van der Waals surface area contributed by atoms with Crippen LogP contribution in [-0.4, -0.2) is 42.2 Å². The second-order valence-corrected chi connectivity index (χ2v) is 7.82. The number of anilines is 4. The highest BCUT2D eigenvalue weighted by Gasteiger charge is 2.21. The van der Waals surface area contributed by atoms with E-state index >= 15 is 0 Å². The molecule has 1 saturated heterocycles. The number of hydrogen-bond donors (Lipinski definition) is 2. The standard InChI is InChI=1S/C22H29N5O2/c1-16-15-20(26-22(23-16)27-11-13-29-14-12-27)24-18-7-9-19(10-8-18)25-21(28)17-5-3-2-4-6-17/h7-10,15,17H,2-6,11-14H2,1H3,(H,25,28)(H,23,24,26). The van der Waals surface area contributed by atoms with Crippen molar-refractivity contribution in [2.24, 2.45) is 5.92 Å². The van der Waals surface area contributed by atoms with E-state index < -0.39 is 0 Å². The van der Waals surface area contributed by atoms with Gasteiger partial charge < -0.3 is 20.3 Å². The maximum atomic E-state index is 12.4. The highest BCUT2D eigenvalue weighted by Crippen LogP contribution is 2.26. The van der Waals surface area contributed by atoms with Gasteiger partial charge in [0, 0.05) is 42.1 Å². The van der Waals surface area contributed by atoms with Gasteiger partial charge in [-0.05, 0) is 44.0 Å². The molecule has 154 valence electrons. The van der Waals surface area contributed by atoms with E-state index in [0.717, 1.165) is 67.6 Å². The molecule has 2 aliphatic rings. The van der Waals surface area contributed by atoms with E-state index in [1.807, 2.05) is 37.3 Å². The van der Waals surface area contributed by atoms with Crippen molar-refractivity contribution < 1.29 is 9.53 Å². The Balaban J connectivity index is 1.39. The third kappa shape index (κ3) is 5.23. The molecule has 4 rings (SSSR count). The van der Waals surface area contributed by atoms with E-state index in [0.29, 0.717) is 13.2 Å².